The minimum Gasteiger partial charge on any atom is -0.493 e. The summed E-state index contributed by atoms with van der Waals surface area (Å²) in [6.07, 6.45) is 1.13. The maximum absolute atomic E-state index is 10.3. The highest BCUT2D eigenvalue weighted by Gasteiger charge is 2.13. The monoisotopic (exact) mass is 292 g/mol. The molecule has 20 heavy (non-hydrogen) atoms. The molecule has 1 unspecified atom stereocenters. The second-order valence-electron chi connectivity index (χ2n) is 4.56. The van der Waals surface area contributed by atoms with Crippen molar-refractivity contribution in [2.45, 2.75) is 25.9 Å². The van der Waals surface area contributed by atoms with Crippen LogP contribution in [0.25, 0.3) is 0 Å². The van der Waals surface area contributed by atoms with Gasteiger partial charge in [0, 0.05) is 16.2 Å². The molecule has 0 aliphatic heterocycles. The molecule has 0 spiro atoms. The number of ether oxygens (including phenoxy) is 2. The normalized spacial score (nSPS) is 12.2. The minimum absolute atomic E-state index is 0.529. The van der Waals surface area contributed by atoms with Crippen LogP contribution in [0.2, 0.25) is 0 Å². The van der Waals surface area contributed by atoms with Crippen molar-refractivity contribution in [3.05, 3.63) is 45.6 Å². The zero-order chi connectivity index (χ0) is 14.5. The number of thiophene rings is 1. The number of hydrogen-bond acceptors (Lipinski definition) is 4. The number of hydrogen-bond donors (Lipinski definition) is 1. The molecular formula is C16H20O3S. The molecule has 0 fully saturated rings. The van der Waals surface area contributed by atoms with Gasteiger partial charge in [-0.1, -0.05) is 13.0 Å². The molecule has 1 heterocycles. The summed E-state index contributed by atoms with van der Waals surface area (Å²) in [4.78, 5) is 2.55. The molecule has 0 saturated carbocycles. The Kier molecular flexibility index (Phi) is 5.04. The molecule has 1 N–H and O–H groups in total. The number of aliphatic hydroxyl groups excluding tert-OH is 1. The Hall–Kier alpha value is -1.52. The molecule has 1 aromatic heterocycles. The van der Waals surface area contributed by atoms with E-state index in [2.05, 4.69) is 19.1 Å². The molecule has 0 amide bonds. The minimum atomic E-state index is -0.529. The lowest BCUT2D eigenvalue weighted by Gasteiger charge is -2.13. The summed E-state index contributed by atoms with van der Waals surface area (Å²) in [5.74, 6) is 1.32. The average molecular weight is 292 g/mol. The highest BCUT2D eigenvalue weighted by molar-refractivity contribution is 7.11. The van der Waals surface area contributed by atoms with Crippen LogP contribution in [0.5, 0.6) is 11.5 Å². The zero-order valence-electron chi connectivity index (χ0n) is 12.1. The van der Waals surface area contributed by atoms with Crippen molar-refractivity contribution < 1.29 is 14.6 Å². The van der Waals surface area contributed by atoms with Gasteiger partial charge in [0.1, 0.15) is 0 Å². The van der Waals surface area contributed by atoms with Crippen molar-refractivity contribution in [3.8, 4) is 11.5 Å². The van der Waals surface area contributed by atoms with Crippen LogP contribution >= 0.6 is 11.3 Å². The molecule has 1 atom stereocenters. The summed E-state index contributed by atoms with van der Waals surface area (Å²) in [6, 6.07) is 9.75. The van der Waals surface area contributed by atoms with Gasteiger partial charge in [-0.3, -0.25) is 0 Å². The first-order valence-corrected chi connectivity index (χ1v) is 7.47. The number of benzene rings is 1. The predicted octanol–water partition coefficient (Wildman–Crippen LogP) is 3.60. The molecule has 108 valence electrons. The summed E-state index contributed by atoms with van der Waals surface area (Å²) in [5, 5.41) is 10.3. The van der Waals surface area contributed by atoms with Gasteiger partial charge in [-0.05, 0) is 36.2 Å². The van der Waals surface area contributed by atoms with Gasteiger partial charge in [0.15, 0.2) is 11.5 Å². The summed E-state index contributed by atoms with van der Waals surface area (Å²) in [5.41, 5.74) is 0.842. The van der Waals surface area contributed by atoms with E-state index >= 15 is 0 Å². The van der Waals surface area contributed by atoms with Crippen molar-refractivity contribution in [2.75, 3.05) is 14.2 Å². The fourth-order valence-corrected chi connectivity index (χ4v) is 3.09. The molecule has 4 heteroatoms. The second-order valence-corrected chi connectivity index (χ2v) is 5.81. The first-order valence-electron chi connectivity index (χ1n) is 6.65. The van der Waals surface area contributed by atoms with Crippen molar-refractivity contribution >= 4 is 11.3 Å². The summed E-state index contributed by atoms with van der Waals surface area (Å²) < 4.78 is 10.5. The summed E-state index contributed by atoms with van der Waals surface area (Å²) >= 11 is 1.76. The van der Waals surface area contributed by atoms with Crippen LogP contribution < -0.4 is 9.47 Å². The molecular weight excluding hydrogens is 272 g/mol. The highest BCUT2D eigenvalue weighted by Crippen LogP contribution is 2.31. The highest BCUT2D eigenvalue weighted by atomic mass is 32.1. The van der Waals surface area contributed by atoms with E-state index in [1.807, 2.05) is 18.2 Å². The lowest BCUT2D eigenvalue weighted by molar-refractivity contribution is 0.179. The molecule has 0 saturated heterocycles. The van der Waals surface area contributed by atoms with Gasteiger partial charge in [0.25, 0.3) is 0 Å². The van der Waals surface area contributed by atoms with Crippen molar-refractivity contribution in [1.29, 1.82) is 0 Å². The van der Waals surface area contributed by atoms with Gasteiger partial charge >= 0.3 is 0 Å². The van der Waals surface area contributed by atoms with E-state index < -0.39 is 6.10 Å². The van der Waals surface area contributed by atoms with E-state index in [-0.39, 0.29) is 0 Å². The van der Waals surface area contributed by atoms with Gasteiger partial charge in [0.2, 0.25) is 0 Å². The first kappa shape index (κ1) is 14.9. The van der Waals surface area contributed by atoms with Crippen molar-refractivity contribution in [3.63, 3.8) is 0 Å². The molecule has 2 aromatic rings. The quantitative estimate of drug-likeness (QED) is 0.884. The standard InChI is InChI=1S/C16H20O3S/c1-4-12-6-7-13(20-12)10-14(17)11-5-8-15(18-2)16(9-11)19-3/h5-9,14,17H,4,10H2,1-3H3. The van der Waals surface area contributed by atoms with Crippen LogP contribution in [0.3, 0.4) is 0 Å². The van der Waals surface area contributed by atoms with Gasteiger partial charge in [0.05, 0.1) is 20.3 Å². The van der Waals surface area contributed by atoms with Crippen LogP contribution in [0.1, 0.15) is 28.3 Å². The zero-order valence-corrected chi connectivity index (χ0v) is 12.9. The predicted molar refractivity (Wildman–Crippen MR) is 81.9 cm³/mol. The molecule has 0 bridgehead atoms. The molecule has 0 radical (unpaired) electrons. The number of rotatable bonds is 6. The third-order valence-corrected chi connectivity index (χ3v) is 4.50. The molecule has 0 aliphatic carbocycles. The van der Waals surface area contributed by atoms with E-state index in [4.69, 9.17) is 9.47 Å². The maximum atomic E-state index is 10.3. The molecule has 3 nitrogen and oxygen atoms in total. The van der Waals surface area contributed by atoms with E-state index in [1.165, 1.54) is 9.75 Å². The topological polar surface area (TPSA) is 38.7 Å². The third-order valence-electron chi connectivity index (χ3n) is 3.25. The van der Waals surface area contributed by atoms with Crippen LogP contribution in [-0.4, -0.2) is 19.3 Å². The van der Waals surface area contributed by atoms with E-state index in [0.717, 1.165) is 12.0 Å². The Bertz CT molecular complexity index is 563. The fourth-order valence-electron chi connectivity index (χ4n) is 2.09. The smallest absolute Gasteiger partial charge is 0.161 e. The average Bonchev–Trinajstić information content (AvgIpc) is 2.94. The van der Waals surface area contributed by atoms with Crippen LogP contribution in [0.4, 0.5) is 0 Å². The van der Waals surface area contributed by atoms with Gasteiger partial charge in [-0.2, -0.15) is 0 Å². The Morgan fingerprint density at radius 1 is 1.05 bits per heavy atom. The van der Waals surface area contributed by atoms with E-state index in [9.17, 15) is 5.11 Å². The second kappa shape index (κ2) is 6.77. The number of aryl methyl sites for hydroxylation is 1. The van der Waals surface area contributed by atoms with Gasteiger partial charge in [-0.15, -0.1) is 11.3 Å². The Morgan fingerprint density at radius 3 is 2.35 bits per heavy atom. The van der Waals surface area contributed by atoms with E-state index in [1.54, 1.807) is 25.6 Å². The molecule has 0 aliphatic rings. The van der Waals surface area contributed by atoms with Crippen LogP contribution in [0, 0.1) is 0 Å². The van der Waals surface area contributed by atoms with E-state index in [0.29, 0.717) is 17.9 Å². The Morgan fingerprint density at radius 2 is 1.75 bits per heavy atom. The van der Waals surface area contributed by atoms with Crippen molar-refractivity contribution in [1.82, 2.24) is 0 Å². The van der Waals surface area contributed by atoms with Crippen LogP contribution in [0.15, 0.2) is 30.3 Å². The maximum Gasteiger partial charge on any atom is 0.161 e. The lowest BCUT2D eigenvalue weighted by Crippen LogP contribution is -2.01. The Balaban J connectivity index is 2.14. The largest absolute Gasteiger partial charge is 0.493 e. The van der Waals surface area contributed by atoms with Gasteiger partial charge < -0.3 is 14.6 Å². The first-order chi connectivity index (χ1) is 9.67. The lowest BCUT2D eigenvalue weighted by atomic mass is 10.1. The third kappa shape index (κ3) is 3.32. The van der Waals surface area contributed by atoms with Crippen LogP contribution in [-0.2, 0) is 12.8 Å². The summed E-state index contributed by atoms with van der Waals surface area (Å²) in [6.45, 7) is 2.14. The Labute approximate surface area is 123 Å². The number of aliphatic hydroxyl groups is 1. The fraction of sp³-hybridized carbons (Fsp3) is 0.375. The molecule has 1 aromatic carbocycles. The van der Waals surface area contributed by atoms with Gasteiger partial charge in [-0.25, -0.2) is 0 Å². The summed E-state index contributed by atoms with van der Waals surface area (Å²) in [7, 11) is 3.20. The SMILES string of the molecule is CCc1ccc(CC(O)c2ccc(OC)c(OC)c2)s1. The number of methoxy groups -OCH3 is 2. The van der Waals surface area contributed by atoms with Crippen molar-refractivity contribution in [2.24, 2.45) is 0 Å². The molecule has 2 rings (SSSR count).